The Kier molecular flexibility index (Phi) is 41.2. The number of allylic oxidation sites excluding steroid dienone is 10. The fraction of sp³-hybridized carbons (Fsp3) is 0.792. The van der Waals surface area contributed by atoms with Gasteiger partial charge in [0.1, 0.15) is 30.5 Å². The van der Waals surface area contributed by atoms with Crippen LogP contribution in [0.2, 0.25) is 0 Å². The quantitative estimate of drug-likeness (QED) is 0.0197. The van der Waals surface area contributed by atoms with E-state index in [-0.39, 0.29) is 19.6 Å². The third-order valence-electron chi connectivity index (χ3n) is 11.7. The summed E-state index contributed by atoms with van der Waals surface area (Å²) in [6.45, 7) is 3.84. The zero-order valence-electron chi connectivity index (χ0n) is 41.2. The van der Waals surface area contributed by atoms with Gasteiger partial charge in [-0.25, -0.2) is 4.18 Å². The lowest BCUT2D eigenvalue weighted by Crippen LogP contribution is -2.60. The molecule has 0 bridgehead atoms. The highest BCUT2D eigenvalue weighted by molar-refractivity contribution is 7.80. The molecule has 0 saturated carbocycles. The topological polar surface area (TPSA) is 178 Å². The number of aliphatic hydroxyl groups excluding tert-OH is 3. The summed E-state index contributed by atoms with van der Waals surface area (Å²) in [4.78, 5) is 12.9. The Hall–Kier alpha value is -2.20. The van der Waals surface area contributed by atoms with Gasteiger partial charge in [0.2, 0.25) is 0 Å². The Labute approximate surface area is 401 Å². The number of carbonyl (C=O) groups is 1. The molecular weight excluding hydrogens is 861 g/mol. The van der Waals surface area contributed by atoms with Crippen molar-refractivity contribution in [3.05, 3.63) is 60.8 Å². The van der Waals surface area contributed by atoms with E-state index in [1.807, 2.05) is 0 Å². The van der Waals surface area contributed by atoms with Crippen LogP contribution >= 0.6 is 0 Å². The van der Waals surface area contributed by atoms with Gasteiger partial charge in [0.25, 0.3) is 0 Å². The molecule has 0 spiro atoms. The second kappa shape index (κ2) is 44.0. The van der Waals surface area contributed by atoms with Crippen LogP contribution in [0.15, 0.2) is 60.8 Å². The smallest absolute Gasteiger partial charge is 0.397 e. The van der Waals surface area contributed by atoms with Crippen molar-refractivity contribution in [2.75, 3.05) is 26.4 Å². The van der Waals surface area contributed by atoms with E-state index in [4.69, 9.17) is 18.9 Å². The molecule has 1 saturated heterocycles. The standard InChI is InChI=1S/C53H94O12S/c1-3-5-7-9-11-13-15-17-19-21-23-25-27-29-31-33-35-37-39-41-43-61-45-47(46-62-53-51(57)52(65-66(58,59)60)50(56)48(44-54)64-53)63-49(55)42-40-38-36-34-32-30-28-26-24-22-20-18-16-14-12-10-8-6-4-2/h5,7,11,13,17,19,23,25,29,31,47-48,50-54,56-57H,3-4,6,8-10,12,14-16,18,20-22,24,26-28,30,32-46H2,1-2H3,(H,58,59,60)/b7-5-,13-11-,19-17-,25-23-,31-29-. The number of rotatable bonds is 45. The van der Waals surface area contributed by atoms with Crippen molar-refractivity contribution in [2.45, 2.75) is 243 Å². The maximum Gasteiger partial charge on any atom is 0.397 e. The predicted molar refractivity (Wildman–Crippen MR) is 266 cm³/mol. The van der Waals surface area contributed by atoms with Gasteiger partial charge in [-0.15, -0.1) is 0 Å². The van der Waals surface area contributed by atoms with Gasteiger partial charge in [0.15, 0.2) is 6.29 Å². The second-order valence-electron chi connectivity index (χ2n) is 17.7. The Morgan fingerprint density at radius 1 is 0.591 bits per heavy atom. The second-order valence-corrected chi connectivity index (χ2v) is 18.8. The van der Waals surface area contributed by atoms with Crippen LogP contribution in [-0.4, -0.2) is 97.5 Å². The first-order valence-electron chi connectivity index (χ1n) is 26.0. The summed E-state index contributed by atoms with van der Waals surface area (Å²) in [6, 6.07) is 0. The summed E-state index contributed by atoms with van der Waals surface area (Å²) in [6.07, 6.45) is 46.8. The first kappa shape index (κ1) is 61.8. The molecule has 4 N–H and O–H groups in total. The molecule has 1 fully saturated rings. The van der Waals surface area contributed by atoms with E-state index in [0.29, 0.717) is 13.0 Å². The van der Waals surface area contributed by atoms with Crippen molar-refractivity contribution >= 4 is 16.4 Å². The summed E-state index contributed by atoms with van der Waals surface area (Å²) in [5.41, 5.74) is 0. The number of carbonyl (C=O) groups excluding carboxylic acids is 1. The van der Waals surface area contributed by atoms with Crippen molar-refractivity contribution in [1.82, 2.24) is 0 Å². The Morgan fingerprint density at radius 2 is 1.05 bits per heavy atom. The highest BCUT2D eigenvalue weighted by atomic mass is 32.3. The van der Waals surface area contributed by atoms with E-state index >= 15 is 0 Å². The lowest BCUT2D eigenvalue weighted by Gasteiger charge is -2.41. The molecule has 66 heavy (non-hydrogen) atoms. The number of unbranched alkanes of at least 4 members (excludes halogenated alkanes) is 22. The summed E-state index contributed by atoms with van der Waals surface area (Å²) in [5.74, 6) is -0.407. The molecule has 12 nitrogen and oxygen atoms in total. The van der Waals surface area contributed by atoms with Crippen molar-refractivity contribution < 1.29 is 56.2 Å². The molecule has 0 radical (unpaired) electrons. The maximum absolute atomic E-state index is 12.9. The van der Waals surface area contributed by atoms with Gasteiger partial charge in [-0.3, -0.25) is 9.35 Å². The zero-order valence-corrected chi connectivity index (χ0v) is 42.1. The van der Waals surface area contributed by atoms with Gasteiger partial charge in [-0.05, 0) is 57.8 Å². The first-order valence-corrected chi connectivity index (χ1v) is 27.4. The molecule has 6 unspecified atom stereocenters. The minimum atomic E-state index is -5.07. The van der Waals surface area contributed by atoms with E-state index in [9.17, 15) is 33.1 Å². The van der Waals surface area contributed by atoms with Gasteiger partial charge in [0.05, 0.1) is 19.8 Å². The monoisotopic (exact) mass is 955 g/mol. The highest BCUT2D eigenvalue weighted by Crippen LogP contribution is 2.26. The SMILES string of the molecule is CC/C=C\C/C=C\C/C=C\C/C=C\C/C=C\CCCCCCOCC(COC1OC(CO)C(O)C(OS(=O)(=O)O)C1O)OC(=O)CCCCCCCCCCCCCCCCCCCCC. The normalized spacial score (nSPS) is 20.0. The fourth-order valence-corrected chi connectivity index (χ4v) is 8.27. The van der Waals surface area contributed by atoms with Crippen LogP contribution < -0.4 is 0 Å². The number of hydrogen-bond acceptors (Lipinski definition) is 11. The van der Waals surface area contributed by atoms with Gasteiger partial charge in [0, 0.05) is 13.0 Å². The first-order chi connectivity index (χ1) is 32.1. The zero-order chi connectivity index (χ0) is 48.2. The minimum absolute atomic E-state index is 0.0186. The Morgan fingerprint density at radius 3 is 1.53 bits per heavy atom. The molecule has 6 atom stereocenters. The number of esters is 1. The number of aliphatic hydroxyl groups is 3. The largest absolute Gasteiger partial charge is 0.457 e. The van der Waals surface area contributed by atoms with Gasteiger partial charge in [-0.2, -0.15) is 8.42 Å². The van der Waals surface area contributed by atoms with Gasteiger partial charge < -0.3 is 34.3 Å². The van der Waals surface area contributed by atoms with Crippen LogP contribution in [0.3, 0.4) is 0 Å². The van der Waals surface area contributed by atoms with Crippen molar-refractivity contribution in [2.24, 2.45) is 0 Å². The summed E-state index contributed by atoms with van der Waals surface area (Å²) in [5, 5.41) is 30.8. The molecule has 384 valence electrons. The lowest BCUT2D eigenvalue weighted by molar-refractivity contribution is -0.301. The van der Waals surface area contributed by atoms with Crippen LogP contribution in [0, 0.1) is 0 Å². The van der Waals surface area contributed by atoms with Crippen LogP contribution in [0.1, 0.15) is 206 Å². The average molecular weight is 955 g/mol. The fourth-order valence-electron chi connectivity index (χ4n) is 7.76. The molecular formula is C53H94O12S. The predicted octanol–water partition coefficient (Wildman–Crippen LogP) is 12.1. The third kappa shape index (κ3) is 36.8. The third-order valence-corrected chi connectivity index (χ3v) is 12.1. The molecule has 13 heteroatoms. The number of hydrogen-bond donors (Lipinski definition) is 4. The van der Waals surface area contributed by atoms with E-state index in [2.05, 4.69) is 78.8 Å². The van der Waals surface area contributed by atoms with Gasteiger partial charge >= 0.3 is 16.4 Å². The number of ether oxygens (including phenoxy) is 4. The van der Waals surface area contributed by atoms with Gasteiger partial charge in [-0.1, -0.05) is 203 Å². The molecule has 0 amide bonds. The van der Waals surface area contributed by atoms with E-state index in [1.165, 1.54) is 96.3 Å². The van der Waals surface area contributed by atoms with Crippen LogP contribution in [0.25, 0.3) is 0 Å². The Balaban J connectivity index is 2.38. The molecule has 1 aliphatic heterocycles. The average Bonchev–Trinajstić information content (AvgIpc) is 3.29. The molecule has 1 aliphatic rings. The summed E-state index contributed by atoms with van der Waals surface area (Å²) in [7, 11) is -5.07. The Bertz CT molecular complexity index is 1380. The molecule has 0 aromatic heterocycles. The lowest BCUT2D eigenvalue weighted by atomic mass is 9.99. The van der Waals surface area contributed by atoms with Crippen LogP contribution in [0.4, 0.5) is 0 Å². The molecule has 1 heterocycles. The summed E-state index contributed by atoms with van der Waals surface area (Å²) >= 11 is 0. The highest BCUT2D eigenvalue weighted by Gasteiger charge is 2.48. The van der Waals surface area contributed by atoms with Crippen LogP contribution in [-0.2, 0) is 38.3 Å². The maximum atomic E-state index is 12.9. The van der Waals surface area contributed by atoms with E-state index < -0.39 is 59.8 Å². The van der Waals surface area contributed by atoms with Crippen molar-refractivity contribution in [3.8, 4) is 0 Å². The molecule has 0 aliphatic carbocycles. The summed E-state index contributed by atoms with van der Waals surface area (Å²) < 4.78 is 59.2. The van der Waals surface area contributed by atoms with Crippen molar-refractivity contribution in [1.29, 1.82) is 0 Å². The van der Waals surface area contributed by atoms with Crippen LogP contribution in [0.5, 0.6) is 0 Å². The van der Waals surface area contributed by atoms with E-state index in [0.717, 1.165) is 83.5 Å². The van der Waals surface area contributed by atoms with Crippen molar-refractivity contribution in [3.63, 3.8) is 0 Å². The molecule has 0 aromatic carbocycles. The minimum Gasteiger partial charge on any atom is -0.457 e. The van der Waals surface area contributed by atoms with E-state index in [1.54, 1.807) is 0 Å². The molecule has 1 rings (SSSR count). The molecule has 0 aromatic rings.